The third-order valence-corrected chi connectivity index (χ3v) is 4.31. The quantitative estimate of drug-likeness (QED) is 0.853. The lowest BCUT2D eigenvalue weighted by Gasteiger charge is -2.36. The molecular formula is C17H23FN2O3. The zero-order valence-electron chi connectivity index (χ0n) is 13.8. The van der Waals surface area contributed by atoms with Crippen LogP contribution in [0.15, 0.2) is 18.2 Å². The van der Waals surface area contributed by atoms with Gasteiger partial charge in [-0.25, -0.2) is 4.39 Å². The fourth-order valence-electron chi connectivity index (χ4n) is 2.60. The van der Waals surface area contributed by atoms with Gasteiger partial charge in [0.1, 0.15) is 0 Å². The molecule has 126 valence electrons. The Balaban J connectivity index is 1.98. The summed E-state index contributed by atoms with van der Waals surface area (Å²) >= 11 is 0. The van der Waals surface area contributed by atoms with E-state index in [2.05, 4.69) is 0 Å². The highest BCUT2D eigenvalue weighted by Gasteiger charge is 2.27. The van der Waals surface area contributed by atoms with Gasteiger partial charge in [-0.3, -0.25) is 9.59 Å². The summed E-state index contributed by atoms with van der Waals surface area (Å²) in [5, 5.41) is 0. The van der Waals surface area contributed by atoms with E-state index in [9.17, 15) is 14.0 Å². The SMILES string of the molecule is CCC(C)C(=O)N1CCN(C(=O)c2ccc(OC)c(F)c2)CC1. The first-order chi connectivity index (χ1) is 11.0. The maximum absolute atomic E-state index is 13.7. The number of hydrogen-bond acceptors (Lipinski definition) is 3. The van der Waals surface area contributed by atoms with E-state index in [1.165, 1.54) is 19.2 Å². The zero-order chi connectivity index (χ0) is 17.0. The molecule has 6 heteroatoms. The van der Waals surface area contributed by atoms with Crippen LogP contribution in [0.2, 0.25) is 0 Å². The van der Waals surface area contributed by atoms with Gasteiger partial charge < -0.3 is 14.5 Å². The fraction of sp³-hybridized carbons (Fsp3) is 0.529. The van der Waals surface area contributed by atoms with Gasteiger partial charge in [-0.2, -0.15) is 0 Å². The van der Waals surface area contributed by atoms with E-state index in [1.807, 2.05) is 13.8 Å². The molecule has 23 heavy (non-hydrogen) atoms. The van der Waals surface area contributed by atoms with Gasteiger partial charge in [0, 0.05) is 37.7 Å². The predicted octanol–water partition coefficient (Wildman–Crippen LogP) is 2.16. The Morgan fingerprint density at radius 3 is 2.35 bits per heavy atom. The Morgan fingerprint density at radius 2 is 1.83 bits per heavy atom. The molecule has 0 aromatic heterocycles. The van der Waals surface area contributed by atoms with Crippen LogP contribution >= 0.6 is 0 Å². The van der Waals surface area contributed by atoms with Gasteiger partial charge in [0.05, 0.1) is 7.11 Å². The Morgan fingerprint density at radius 1 is 1.22 bits per heavy atom. The lowest BCUT2D eigenvalue weighted by Crippen LogP contribution is -2.51. The summed E-state index contributed by atoms with van der Waals surface area (Å²) in [6.07, 6.45) is 0.809. The van der Waals surface area contributed by atoms with Crippen LogP contribution in [0.1, 0.15) is 30.6 Å². The normalized spacial score (nSPS) is 16.2. The van der Waals surface area contributed by atoms with Crippen molar-refractivity contribution in [2.75, 3.05) is 33.3 Å². The molecule has 1 aromatic rings. The maximum Gasteiger partial charge on any atom is 0.254 e. The van der Waals surface area contributed by atoms with Crippen LogP contribution < -0.4 is 4.74 Å². The number of rotatable bonds is 4. The molecule has 0 spiro atoms. The average Bonchev–Trinajstić information content (AvgIpc) is 2.59. The Hall–Kier alpha value is -2.11. The number of benzene rings is 1. The van der Waals surface area contributed by atoms with Crippen LogP contribution in [-0.2, 0) is 4.79 Å². The number of carbonyl (C=O) groups is 2. The van der Waals surface area contributed by atoms with Crippen LogP contribution in [0.3, 0.4) is 0 Å². The fourth-order valence-corrected chi connectivity index (χ4v) is 2.60. The van der Waals surface area contributed by atoms with Crippen LogP contribution in [0.25, 0.3) is 0 Å². The van der Waals surface area contributed by atoms with Crippen LogP contribution in [-0.4, -0.2) is 54.9 Å². The largest absolute Gasteiger partial charge is 0.494 e. The molecule has 1 heterocycles. The van der Waals surface area contributed by atoms with Crippen molar-refractivity contribution in [3.8, 4) is 5.75 Å². The Kier molecular flexibility index (Phi) is 5.58. The Labute approximate surface area is 136 Å². The van der Waals surface area contributed by atoms with E-state index in [0.29, 0.717) is 31.7 Å². The molecule has 1 unspecified atom stereocenters. The highest BCUT2D eigenvalue weighted by Crippen LogP contribution is 2.19. The zero-order valence-corrected chi connectivity index (χ0v) is 13.8. The second-order valence-electron chi connectivity index (χ2n) is 5.78. The highest BCUT2D eigenvalue weighted by molar-refractivity contribution is 5.94. The smallest absolute Gasteiger partial charge is 0.254 e. The lowest BCUT2D eigenvalue weighted by molar-refractivity contribution is -0.136. The minimum Gasteiger partial charge on any atom is -0.494 e. The molecule has 0 saturated carbocycles. The summed E-state index contributed by atoms with van der Waals surface area (Å²) in [6.45, 7) is 5.88. The van der Waals surface area contributed by atoms with Crippen molar-refractivity contribution >= 4 is 11.8 Å². The molecule has 5 nitrogen and oxygen atoms in total. The minimum atomic E-state index is -0.552. The van der Waals surface area contributed by atoms with Crippen molar-refractivity contribution in [3.05, 3.63) is 29.6 Å². The number of hydrogen-bond donors (Lipinski definition) is 0. The van der Waals surface area contributed by atoms with E-state index in [4.69, 9.17) is 4.74 Å². The van der Waals surface area contributed by atoms with Crippen molar-refractivity contribution in [2.24, 2.45) is 5.92 Å². The van der Waals surface area contributed by atoms with Crippen LogP contribution in [0.4, 0.5) is 4.39 Å². The van der Waals surface area contributed by atoms with Gasteiger partial charge in [0.15, 0.2) is 11.6 Å². The second-order valence-corrected chi connectivity index (χ2v) is 5.78. The number of halogens is 1. The summed E-state index contributed by atoms with van der Waals surface area (Å²) in [6, 6.07) is 4.20. The summed E-state index contributed by atoms with van der Waals surface area (Å²) in [5.74, 6) is -0.514. The predicted molar refractivity (Wildman–Crippen MR) is 84.9 cm³/mol. The molecule has 1 fully saturated rings. The first kappa shape index (κ1) is 17.2. The van der Waals surface area contributed by atoms with Gasteiger partial charge in [0.25, 0.3) is 5.91 Å². The summed E-state index contributed by atoms with van der Waals surface area (Å²) < 4.78 is 18.6. The number of amides is 2. The molecule has 1 aliphatic heterocycles. The molecule has 0 radical (unpaired) electrons. The molecule has 1 aliphatic rings. The molecule has 0 bridgehead atoms. The monoisotopic (exact) mass is 322 g/mol. The van der Waals surface area contributed by atoms with Crippen molar-refractivity contribution in [1.29, 1.82) is 0 Å². The third kappa shape index (κ3) is 3.81. The summed E-state index contributed by atoms with van der Waals surface area (Å²) in [4.78, 5) is 28.0. The van der Waals surface area contributed by atoms with E-state index < -0.39 is 5.82 Å². The number of nitrogens with zero attached hydrogens (tertiary/aromatic N) is 2. The van der Waals surface area contributed by atoms with Crippen LogP contribution in [0, 0.1) is 11.7 Å². The van der Waals surface area contributed by atoms with Gasteiger partial charge in [-0.1, -0.05) is 13.8 Å². The summed E-state index contributed by atoms with van der Waals surface area (Å²) in [7, 11) is 1.38. The molecule has 1 saturated heterocycles. The van der Waals surface area contributed by atoms with Crippen molar-refractivity contribution in [3.63, 3.8) is 0 Å². The van der Waals surface area contributed by atoms with Gasteiger partial charge >= 0.3 is 0 Å². The number of ether oxygens (including phenoxy) is 1. The lowest BCUT2D eigenvalue weighted by atomic mass is 10.1. The average molecular weight is 322 g/mol. The first-order valence-corrected chi connectivity index (χ1v) is 7.89. The van der Waals surface area contributed by atoms with Gasteiger partial charge in [-0.05, 0) is 24.6 Å². The van der Waals surface area contributed by atoms with Crippen molar-refractivity contribution in [2.45, 2.75) is 20.3 Å². The molecule has 0 aliphatic carbocycles. The van der Waals surface area contributed by atoms with Crippen molar-refractivity contribution in [1.82, 2.24) is 9.80 Å². The molecule has 1 aromatic carbocycles. The maximum atomic E-state index is 13.7. The first-order valence-electron chi connectivity index (χ1n) is 7.89. The van der Waals surface area contributed by atoms with E-state index in [-0.39, 0.29) is 23.5 Å². The Bertz CT molecular complexity index is 583. The third-order valence-electron chi connectivity index (χ3n) is 4.31. The van der Waals surface area contributed by atoms with Gasteiger partial charge in [-0.15, -0.1) is 0 Å². The van der Waals surface area contributed by atoms with Crippen LogP contribution in [0.5, 0.6) is 5.75 Å². The standard InChI is InChI=1S/C17H23FN2O3/c1-4-12(2)16(21)19-7-9-20(10-8-19)17(22)13-5-6-15(23-3)14(18)11-13/h5-6,11-12H,4,7-10H2,1-3H3. The minimum absolute atomic E-state index is 0.00735. The number of methoxy groups -OCH3 is 1. The molecule has 0 N–H and O–H groups in total. The molecule has 1 atom stereocenters. The summed E-state index contributed by atoms with van der Waals surface area (Å²) in [5.41, 5.74) is 0.296. The highest BCUT2D eigenvalue weighted by atomic mass is 19.1. The van der Waals surface area contributed by atoms with Crippen molar-refractivity contribution < 1.29 is 18.7 Å². The topological polar surface area (TPSA) is 49.9 Å². The second kappa shape index (κ2) is 7.44. The number of piperazine rings is 1. The molecular weight excluding hydrogens is 299 g/mol. The van der Waals surface area contributed by atoms with E-state index in [0.717, 1.165) is 6.42 Å². The van der Waals surface area contributed by atoms with Gasteiger partial charge in [0.2, 0.25) is 5.91 Å². The molecule has 2 amide bonds. The molecule has 2 rings (SSSR count). The van der Waals surface area contributed by atoms with E-state index in [1.54, 1.807) is 15.9 Å². The van der Waals surface area contributed by atoms with E-state index >= 15 is 0 Å². The number of carbonyl (C=O) groups excluding carboxylic acids is 2.